The van der Waals surface area contributed by atoms with Crippen LogP contribution in [0.5, 0.6) is 0 Å². The minimum Gasteiger partial charge on any atom is -0.480 e. The van der Waals surface area contributed by atoms with Gasteiger partial charge in [-0.1, -0.05) is 23.2 Å². The van der Waals surface area contributed by atoms with E-state index in [0.29, 0.717) is 5.02 Å². The molecule has 0 fully saturated rings. The number of hydrogen-bond donors (Lipinski definition) is 3. The molecule has 1 rings (SSSR count). The summed E-state index contributed by atoms with van der Waals surface area (Å²) >= 11 is 11.5. The van der Waals surface area contributed by atoms with Crippen molar-refractivity contribution in [2.75, 3.05) is 0 Å². The first-order valence-electron chi connectivity index (χ1n) is 5.58. The molecule has 0 aliphatic heterocycles. The van der Waals surface area contributed by atoms with Crippen molar-refractivity contribution in [3.63, 3.8) is 0 Å². The molecule has 1 aromatic carbocycles. The Labute approximate surface area is 124 Å². The Kier molecular flexibility index (Phi) is 5.79. The summed E-state index contributed by atoms with van der Waals surface area (Å²) in [5, 5.41) is 11.7. The van der Waals surface area contributed by atoms with E-state index in [-0.39, 0.29) is 23.4 Å². The van der Waals surface area contributed by atoms with Gasteiger partial charge < -0.3 is 16.2 Å². The molecule has 0 aliphatic rings. The number of nitrogens with one attached hydrogen (secondary N) is 1. The average Bonchev–Trinajstić information content (AvgIpc) is 2.33. The Hall–Kier alpha value is -1.79. The molecule has 6 nitrogen and oxygen atoms in total. The van der Waals surface area contributed by atoms with Crippen molar-refractivity contribution in [3.8, 4) is 0 Å². The van der Waals surface area contributed by atoms with Gasteiger partial charge in [0.15, 0.2) is 0 Å². The fraction of sp³-hybridized carbons (Fsp3) is 0.250. The molecule has 0 spiro atoms. The van der Waals surface area contributed by atoms with E-state index in [1.807, 2.05) is 0 Å². The topological polar surface area (TPSA) is 109 Å². The molecule has 0 aliphatic carbocycles. The molecule has 1 atom stereocenters. The number of primary amides is 1. The quantitative estimate of drug-likeness (QED) is 0.737. The molecule has 8 heteroatoms. The Morgan fingerprint density at radius 1 is 1.30 bits per heavy atom. The van der Waals surface area contributed by atoms with Crippen molar-refractivity contribution in [2.45, 2.75) is 18.9 Å². The molecular weight excluding hydrogens is 307 g/mol. The van der Waals surface area contributed by atoms with Gasteiger partial charge in [-0.2, -0.15) is 0 Å². The number of carbonyl (C=O) groups is 3. The highest BCUT2D eigenvalue weighted by Crippen LogP contribution is 2.21. The van der Waals surface area contributed by atoms with Crippen molar-refractivity contribution in [3.05, 3.63) is 33.8 Å². The molecular formula is C12H12Cl2N2O4. The van der Waals surface area contributed by atoms with Crippen LogP contribution in [0.4, 0.5) is 0 Å². The largest absolute Gasteiger partial charge is 0.480 e. The van der Waals surface area contributed by atoms with Gasteiger partial charge in [-0.15, -0.1) is 0 Å². The van der Waals surface area contributed by atoms with Gasteiger partial charge in [0.25, 0.3) is 5.91 Å². The molecule has 4 N–H and O–H groups in total. The minimum absolute atomic E-state index is 0.0956. The van der Waals surface area contributed by atoms with Crippen LogP contribution >= 0.6 is 23.2 Å². The Morgan fingerprint density at radius 3 is 2.45 bits per heavy atom. The zero-order valence-corrected chi connectivity index (χ0v) is 11.7. The third-order valence-electron chi connectivity index (χ3n) is 2.46. The van der Waals surface area contributed by atoms with Gasteiger partial charge in [-0.25, -0.2) is 4.79 Å². The van der Waals surface area contributed by atoms with Crippen LogP contribution in [0.2, 0.25) is 10.0 Å². The zero-order chi connectivity index (χ0) is 15.3. The third kappa shape index (κ3) is 4.71. The normalized spacial score (nSPS) is 11.7. The summed E-state index contributed by atoms with van der Waals surface area (Å²) < 4.78 is 0. The third-order valence-corrected chi connectivity index (χ3v) is 3.01. The summed E-state index contributed by atoms with van der Waals surface area (Å²) in [6.45, 7) is 0. The molecule has 0 saturated carbocycles. The summed E-state index contributed by atoms with van der Waals surface area (Å²) in [6, 6.07) is 2.99. The smallest absolute Gasteiger partial charge is 0.326 e. The van der Waals surface area contributed by atoms with E-state index in [2.05, 4.69) is 5.32 Å². The van der Waals surface area contributed by atoms with Crippen LogP contribution in [0.15, 0.2) is 18.2 Å². The fourth-order valence-corrected chi connectivity index (χ4v) is 1.95. The fourth-order valence-electron chi connectivity index (χ4n) is 1.45. The van der Waals surface area contributed by atoms with Crippen molar-refractivity contribution in [2.24, 2.45) is 5.73 Å². The van der Waals surface area contributed by atoms with Crippen LogP contribution in [0.1, 0.15) is 23.2 Å². The van der Waals surface area contributed by atoms with Crippen molar-refractivity contribution >= 4 is 41.0 Å². The lowest BCUT2D eigenvalue weighted by atomic mass is 10.1. The van der Waals surface area contributed by atoms with Gasteiger partial charge in [-0.3, -0.25) is 9.59 Å². The first-order chi connectivity index (χ1) is 9.31. The number of nitrogens with two attached hydrogens (primary N) is 1. The Bertz CT molecular complexity index is 548. The predicted molar refractivity (Wildman–Crippen MR) is 73.8 cm³/mol. The van der Waals surface area contributed by atoms with Crippen LogP contribution < -0.4 is 11.1 Å². The number of hydrogen-bond acceptors (Lipinski definition) is 3. The first-order valence-corrected chi connectivity index (χ1v) is 6.34. The molecule has 0 radical (unpaired) electrons. The summed E-state index contributed by atoms with van der Waals surface area (Å²) in [4.78, 5) is 33.6. The predicted octanol–water partition coefficient (Wildman–Crippen LogP) is 1.44. The lowest BCUT2D eigenvalue weighted by Gasteiger charge is -2.14. The van der Waals surface area contributed by atoms with Gasteiger partial charge in [0.2, 0.25) is 5.91 Å². The molecule has 0 bridgehead atoms. The van der Waals surface area contributed by atoms with E-state index in [4.69, 9.17) is 34.0 Å². The number of carboxylic acids is 1. The minimum atomic E-state index is -1.26. The second-order valence-electron chi connectivity index (χ2n) is 3.99. The first kappa shape index (κ1) is 16.3. The monoisotopic (exact) mass is 318 g/mol. The van der Waals surface area contributed by atoms with Gasteiger partial charge in [0.1, 0.15) is 6.04 Å². The summed E-state index contributed by atoms with van der Waals surface area (Å²) in [5.41, 5.74) is 5.04. The lowest BCUT2D eigenvalue weighted by Crippen LogP contribution is -2.41. The van der Waals surface area contributed by atoms with Crippen LogP contribution in [-0.4, -0.2) is 28.9 Å². The van der Waals surface area contributed by atoms with E-state index in [1.54, 1.807) is 0 Å². The molecule has 0 aromatic heterocycles. The number of halogens is 2. The van der Waals surface area contributed by atoms with E-state index >= 15 is 0 Å². The molecule has 0 saturated heterocycles. The molecule has 0 unspecified atom stereocenters. The number of carbonyl (C=O) groups excluding carboxylic acids is 2. The van der Waals surface area contributed by atoms with E-state index in [1.165, 1.54) is 18.2 Å². The zero-order valence-electron chi connectivity index (χ0n) is 10.2. The highest BCUT2D eigenvalue weighted by Gasteiger charge is 2.22. The van der Waals surface area contributed by atoms with Gasteiger partial charge in [0, 0.05) is 11.4 Å². The van der Waals surface area contributed by atoms with Crippen molar-refractivity contribution in [1.82, 2.24) is 5.32 Å². The molecule has 1 aromatic rings. The van der Waals surface area contributed by atoms with Crippen LogP contribution in [-0.2, 0) is 9.59 Å². The van der Waals surface area contributed by atoms with Crippen molar-refractivity contribution in [1.29, 1.82) is 0 Å². The highest BCUT2D eigenvalue weighted by molar-refractivity contribution is 6.36. The van der Waals surface area contributed by atoms with Crippen molar-refractivity contribution < 1.29 is 19.5 Å². The standard InChI is InChI=1S/C12H12Cl2N2O4/c13-6-1-2-7(8(14)5-6)11(18)16-9(12(19)20)3-4-10(15)17/h1-2,5,9H,3-4H2,(H2,15,17)(H,16,18)(H,19,20)/t9-/m0/s1. The number of rotatable bonds is 6. The summed E-state index contributed by atoms with van der Waals surface area (Å²) in [5.74, 6) is -2.57. The van der Waals surface area contributed by atoms with Gasteiger partial charge >= 0.3 is 5.97 Å². The number of carboxylic acid groups (broad SMARTS) is 1. The van der Waals surface area contributed by atoms with E-state index in [9.17, 15) is 14.4 Å². The maximum Gasteiger partial charge on any atom is 0.326 e. The van der Waals surface area contributed by atoms with Gasteiger partial charge in [-0.05, 0) is 24.6 Å². The highest BCUT2D eigenvalue weighted by atomic mass is 35.5. The summed E-state index contributed by atoms with van der Waals surface area (Å²) in [7, 11) is 0. The number of amides is 2. The van der Waals surface area contributed by atoms with E-state index in [0.717, 1.165) is 0 Å². The average molecular weight is 319 g/mol. The number of aliphatic carboxylic acids is 1. The second kappa shape index (κ2) is 7.12. The Balaban J connectivity index is 2.80. The Morgan fingerprint density at radius 2 is 1.95 bits per heavy atom. The summed E-state index contributed by atoms with van der Waals surface area (Å²) in [6.07, 6.45) is -0.243. The van der Waals surface area contributed by atoms with Crippen LogP contribution in [0.25, 0.3) is 0 Å². The maximum atomic E-state index is 11.9. The second-order valence-corrected chi connectivity index (χ2v) is 4.84. The van der Waals surface area contributed by atoms with Crippen LogP contribution in [0, 0.1) is 0 Å². The van der Waals surface area contributed by atoms with Gasteiger partial charge in [0.05, 0.1) is 10.6 Å². The molecule has 108 valence electrons. The molecule has 2 amide bonds. The lowest BCUT2D eigenvalue weighted by molar-refractivity contribution is -0.139. The SMILES string of the molecule is NC(=O)CC[C@H](NC(=O)c1ccc(Cl)cc1Cl)C(=O)O. The number of benzene rings is 1. The van der Waals surface area contributed by atoms with Crippen LogP contribution in [0.3, 0.4) is 0 Å². The molecule has 0 heterocycles. The van der Waals surface area contributed by atoms with E-state index < -0.39 is 23.8 Å². The molecule has 20 heavy (non-hydrogen) atoms. The maximum absolute atomic E-state index is 11.9.